The molecule has 3 nitrogen and oxygen atoms in total. The maximum Gasteiger partial charge on any atom is 0.186 e. The van der Waals surface area contributed by atoms with Gasteiger partial charge in [-0.05, 0) is 36.8 Å². The molecule has 0 aliphatic carbocycles. The molecule has 1 fully saturated rings. The van der Waals surface area contributed by atoms with E-state index >= 15 is 0 Å². The minimum atomic E-state index is 0.780. The zero-order valence-electron chi connectivity index (χ0n) is 13.3. The Balaban J connectivity index is 1.54. The van der Waals surface area contributed by atoms with Crippen molar-refractivity contribution in [2.24, 2.45) is 0 Å². The van der Waals surface area contributed by atoms with Gasteiger partial charge in [-0.25, -0.2) is 4.98 Å². The number of aromatic nitrogens is 1. The van der Waals surface area contributed by atoms with E-state index in [2.05, 4.69) is 21.9 Å². The number of fused-ring (bicyclic) bond motifs is 1. The predicted octanol–water partition coefficient (Wildman–Crippen LogP) is 5.24. The van der Waals surface area contributed by atoms with Crippen LogP contribution in [0.2, 0.25) is 10.0 Å². The van der Waals surface area contributed by atoms with Gasteiger partial charge in [0.25, 0.3) is 0 Å². The molecule has 1 saturated heterocycles. The average Bonchev–Trinajstić information content (AvgIpc) is 3.04. The van der Waals surface area contributed by atoms with Gasteiger partial charge < -0.3 is 9.80 Å². The summed E-state index contributed by atoms with van der Waals surface area (Å²) in [6.45, 7) is 5.80. The van der Waals surface area contributed by atoms with Crippen LogP contribution in [0.4, 0.5) is 10.8 Å². The summed E-state index contributed by atoms with van der Waals surface area (Å²) in [5.74, 6) is 0. The van der Waals surface area contributed by atoms with Crippen LogP contribution < -0.4 is 9.80 Å². The van der Waals surface area contributed by atoms with Gasteiger partial charge in [0.2, 0.25) is 0 Å². The molecule has 0 N–H and O–H groups in total. The molecule has 0 bridgehead atoms. The van der Waals surface area contributed by atoms with Gasteiger partial charge in [0.1, 0.15) is 0 Å². The molecule has 0 saturated carbocycles. The van der Waals surface area contributed by atoms with E-state index in [1.165, 1.54) is 4.70 Å². The third-order valence-corrected chi connectivity index (χ3v) is 6.29. The minimum absolute atomic E-state index is 0.780. The summed E-state index contributed by atoms with van der Waals surface area (Å²) in [5.41, 5.74) is 3.20. The van der Waals surface area contributed by atoms with Crippen LogP contribution in [0.5, 0.6) is 0 Å². The van der Waals surface area contributed by atoms with Crippen LogP contribution in [-0.4, -0.2) is 31.2 Å². The Morgan fingerprint density at radius 3 is 2.38 bits per heavy atom. The number of para-hydroxylation sites is 1. The fourth-order valence-electron chi connectivity index (χ4n) is 3.07. The second-order valence-electron chi connectivity index (χ2n) is 5.94. The Morgan fingerprint density at radius 1 is 0.917 bits per heavy atom. The van der Waals surface area contributed by atoms with E-state index in [1.807, 2.05) is 31.2 Å². The first-order valence-corrected chi connectivity index (χ1v) is 9.51. The van der Waals surface area contributed by atoms with Crippen LogP contribution in [0.3, 0.4) is 0 Å². The predicted molar refractivity (Wildman–Crippen MR) is 105 cm³/mol. The molecule has 0 atom stereocenters. The van der Waals surface area contributed by atoms with Crippen molar-refractivity contribution in [2.45, 2.75) is 6.92 Å². The summed E-state index contributed by atoms with van der Waals surface area (Å²) in [5, 5.41) is 2.67. The quantitative estimate of drug-likeness (QED) is 0.608. The zero-order valence-corrected chi connectivity index (χ0v) is 15.6. The highest BCUT2D eigenvalue weighted by molar-refractivity contribution is 7.22. The van der Waals surface area contributed by atoms with Gasteiger partial charge in [0.15, 0.2) is 5.13 Å². The molecular weight excluding hydrogens is 361 g/mol. The number of thiazole rings is 1. The Morgan fingerprint density at radius 2 is 1.62 bits per heavy atom. The van der Waals surface area contributed by atoms with Gasteiger partial charge in [-0.1, -0.05) is 46.7 Å². The van der Waals surface area contributed by atoms with E-state index in [0.717, 1.165) is 58.1 Å². The summed E-state index contributed by atoms with van der Waals surface area (Å²) in [7, 11) is 0. The van der Waals surface area contributed by atoms with Crippen LogP contribution in [0.25, 0.3) is 10.2 Å². The molecule has 1 aliphatic rings. The van der Waals surface area contributed by atoms with Crippen LogP contribution >= 0.6 is 34.5 Å². The maximum atomic E-state index is 6.32. The van der Waals surface area contributed by atoms with Gasteiger partial charge in [-0.2, -0.15) is 0 Å². The highest BCUT2D eigenvalue weighted by Crippen LogP contribution is 2.34. The Labute approximate surface area is 155 Å². The molecule has 0 radical (unpaired) electrons. The topological polar surface area (TPSA) is 19.4 Å². The number of benzene rings is 2. The van der Waals surface area contributed by atoms with Crippen molar-refractivity contribution in [3.8, 4) is 0 Å². The van der Waals surface area contributed by atoms with Crippen LogP contribution in [0.1, 0.15) is 5.56 Å². The Kier molecular flexibility index (Phi) is 4.29. The van der Waals surface area contributed by atoms with Crippen molar-refractivity contribution in [3.63, 3.8) is 0 Å². The summed E-state index contributed by atoms with van der Waals surface area (Å²) in [6.07, 6.45) is 0. The lowest BCUT2D eigenvalue weighted by Gasteiger charge is -2.36. The van der Waals surface area contributed by atoms with Crippen molar-refractivity contribution in [1.29, 1.82) is 0 Å². The van der Waals surface area contributed by atoms with E-state index in [-0.39, 0.29) is 0 Å². The van der Waals surface area contributed by atoms with E-state index in [9.17, 15) is 0 Å². The van der Waals surface area contributed by atoms with Crippen molar-refractivity contribution in [3.05, 3.63) is 52.0 Å². The lowest BCUT2D eigenvalue weighted by atomic mass is 10.2. The number of halogens is 2. The van der Waals surface area contributed by atoms with E-state index in [4.69, 9.17) is 28.2 Å². The fourth-order valence-corrected chi connectivity index (χ4v) is 4.56. The van der Waals surface area contributed by atoms with Gasteiger partial charge in [0.05, 0.1) is 20.9 Å². The van der Waals surface area contributed by atoms with E-state index < -0.39 is 0 Å². The van der Waals surface area contributed by atoms with E-state index in [0.29, 0.717) is 0 Å². The first-order chi connectivity index (χ1) is 11.6. The van der Waals surface area contributed by atoms with Crippen LogP contribution in [0, 0.1) is 6.92 Å². The summed E-state index contributed by atoms with van der Waals surface area (Å²) < 4.78 is 1.19. The lowest BCUT2D eigenvalue weighted by Crippen LogP contribution is -2.46. The van der Waals surface area contributed by atoms with Crippen LogP contribution in [-0.2, 0) is 0 Å². The number of anilines is 2. The molecule has 1 aliphatic heterocycles. The SMILES string of the molecule is Cc1c(Cl)ccc2sc(N3CCN(c4ccccc4Cl)CC3)nc12. The van der Waals surface area contributed by atoms with Gasteiger partial charge >= 0.3 is 0 Å². The molecule has 2 aromatic carbocycles. The number of rotatable bonds is 2. The highest BCUT2D eigenvalue weighted by Gasteiger charge is 2.21. The fraction of sp³-hybridized carbons (Fsp3) is 0.278. The molecule has 2 heterocycles. The Bertz CT molecular complexity index is 885. The number of piperazine rings is 1. The van der Waals surface area contributed by atoms with Gasteiger partial charge in [0, 0.05) is 31.2 Å². The lowest BCUT2D eigenvalue weighted by molar-refractivity contribution is 0.652. The summed E-state index contributed by atoms with van der Waals surface area (Å²) >= 11 is 14.3. The molecular formula is C18H17Cl2N3S. The van der Waals surface area contributed by atoms with Crippen LogP contribution in [0.15, 0.2) is 36.4 Å². The first kappa shape index (κ1) is 16.0. The number of hydrogen-bond donors (Lipinski definition) is 0. The number of nitrogens with zero attached hydrogens (tertiary/aromatic N) is 3. The van der Waals surface area contributed by atoms with Gasteiger partial charge in [-0.3, -0.25) is 0 Å². The first-order valence-electron chi connectivity index (χ1n) is 7.93. The number of aryl methyl sites for hydroxylation is 1. The summed E-state index contributed by atoms with van der Waals surface area (Å²) in [6, 6.07) is 12.1. The van der Waals surface area contributed by atoms with Crippen molar-refractivity contribution >= 4 is 55.6 Å². The molecule has 0 amide bonds. The normalized spacial score (nSPS) is 15.3. The van der Waals surface area contributed by atoms with Crippen molar-refractivity contribution < 1.29 is 0 Å². The van der Waals surface area contributed by atoms with Crippen molar-refractivity contribution in [2.75, 3.05) is 36.0 Å². The van der Waals surface area contributed by atoms with E-state index in [1.54, 1.807) is 11.3 Å². The third-order valence-electron chi connectivity index (χ3n) is 4.48. The largest absolute Gasteiger partial charge is 0.367 e. The molecule has 24 heavy (non-hydrogen) atoms. The smallest absolute Gasteiger partial charge is 0.186 e. The van der Waals surface area contributed by atoms with Crippen molar-refractivity contribution in [1.82, 2.24) is 4.98 Å². The monoisotopic (exact) mass is 377 g/mol. The molecule has 124 valence electrons. The molecule has 0 spiro atoms. The summed E-state index contributed by atoms with van der Waals surface area (Å²) in [4.78, 5) is 9.52. The number of hydrogen-bond acceptors (Lipinski definition) is 4. The highest BCUT2D eigenvalue weighted by atomic mass is 35.5. The Hall–Kier alpha value is -1.49. The second-order valence-corrected chi connectivity index (χ2v) is 7.76. The molecule has 1 aromatic heterocycles. The zero-order chi connectivity index (χ0) is 16.7. The second kappa shape index (κ2) is 6.43. The standard InChI is InChI=1S/C18H17Cl2N3S/c1-12-13(19)6-7-16-17(12)21-18(24-16)23-10-8-22(9-11-23)15-5-3-2-4-14(15)20/h2-7H,8-11H2,1H3. The van der Waals surface area contributed by atoms with Gasteiger partial charge in [-0.15, -0.1) is 0 Å². The molecule has 3 aromatic rings. The average molecular weight is 378 g/mol. The molecule has 0 unspecified atom stereocenters. The maximum absolute atomic E-state index is 6.32. The minimum Gasteiger partial charge on any atom is -0.367 e. The third kappa shape index (κ3) is 2.83. The molecule has 6 heteroatoms. The molecule has 4 rings (SSSR count).